The van der Waals surface area contributed by atoms with E-state index in [9.17, 15) is 13.6 Å². The number of benzene rings is 2. The summed E-state index contributed by atoms with van der Waals surface area (Å²) in [6.07, 6.45) is 0. The topological polar surface area (TPSA) is 41.5 Å². The SMILES string of the molecule is Cc1ccc2c(c1Cl)C(c1c(F)cccc1F)=NCC(=O)N2. The van der Waals surface area contributed by atoms with E-state index in [-0.39, 0.29) is 23.7 Å². The van der Waals surface area contributed by atoms with Crippen molar-refractivity contribution in [3.8, 4) is 0 Å². The smallest absolute Gasteiger partial charge is 0.246 e. The molecule has 3 nitrogen and oxygen atoms in total. The fourth-order valence-electron chi connectivity index (χ4n) is 2.36. The quantitative estimate of drug-likeness (QED) is 0.855. The van der Waals surface area contributed by atoms with Gasteiger partial charge in [0.15, 0.2) is 0 Å². The van der Waals surface area contributed by atoms with Crippen molar-refractivity contribution in [3.05, 3.63) is 63.7 Å². The van der Waals surface area contributed by atoms with Crippen molar-refractivity contribution in [1.29, 1.82) is 0 Å². The molecule has 3 rings (SSSR count). The summed E-state index contributed by atoms with van der Waals surface area (Å²) in [5.74, 6) is -1.87. The van der Waals surface area contributed by atoms with Gasteiger partial charge in [-0.3, -0.25) is 9.79 Å². The molecule has 112 valence electrons. The molecular formula is C16H11ClF2N2O. The molecule has 6 heteroatoms. The van der Waals surface area contributed by atoms with Crippen LogP contribution in [0.3, 0.4) is 0 Å². The van der Waals surface area contributed by atoms with Gasteiger partial charge in [0, 0.05) is 5.56 Å². The van der Waals surface area contributed by atoms with E-state index in [1.165, 1.54) is 6.07 Å². The molecule has 0 fully saturated rings. The van der Waals surface area contributed by atoms with Crippen LogP contribution < -0.4 is 5.32 Å². The normalized spacial score (nSPS) is 14.0. The van der Waals surface area contributed by atoms with Crippen molar-refractivity contribution in [2.45, 2.75) is 6.92 Å². The van der Waals surface area contributed by atoms with E-state index in [1.807, 2.05) is 0 Å². The van der Waals surface area contributed by atoms with Gasteiger partial charge >= 0.3 is 0 Å². The number of hydrogen-bond donors (Lipinski definition) is 1. The number of carbonyl (C=O) groups is 1. The van der Waals surface area contributed by atoms with Gasteiger partial charge in [0.05, 0.1) is 22.0 Å². The minimum absolute atomic E-state index is 0.0395. The first-order valence-electron chi connectivity index (χ1n) is 6.57. The molecule has 0 aliphatic carbocycles. The predicted molar refractivity (Wildman–Crippen MR) is 81.7 cm³/mol. The van der Waals surface area contributed by atoms with Gasteiger partial charge in [0.2, 0.25) is 5.91 Å². The second-order valence-corrected chi connectivity index (χ2v) is 5.31. The highest BCUT2D eigenvalue weighted by Crippen LogP contribution is 2.33. The van der Waals surface area contributed by atoms with Crippen LogP contribution in [0.5, 0.6) is 0 Å². The zero-order chi connectivity index (χ0) is 15.9. The molecule has 0 spiro atoms. The monoisotopic (exact) mass is 320 g/mol. The van der Waals surface area contributed by atoms with Crippen LogP contribution in [0, 0.1) is 18.6 Å². The number of carbonyl (C=O) groups excluding carboxylic acids is 1. The molecule has 1 heterocycles. The Morgan fingerprint density at radius 3 is 2.50 bits per heavy atom. The van der Waals surface area contributed by atoms with Crippen LogP contribution in [0.4, 0.5) is 14.5 Å². The van der Waals surface area contributed by atoms with E-state index in [0.29, 0.717) is 16.3 Å². The third-order valence-corrected chi connectivity index (χ3v) is 3.91. The molecule has 0 atom stereocenters. The number of amides is 1. The van der Waals surface area contributed by atoms with Gasteiger partial charge in [0.25, 0.3) is 0 Å². The maximum absolute atomic E-state index is 14.1. The lowest BCUT2D eigenvalue weighted by Crippen LogP contribution is -2.13. The second kappa shape index (κ2) is 5.50. The number of nitrogens with one attached hydrogen (secondary N) is 1. The summed E-state index contributed by atoms with van der Waals surface area (Å²) in [4.78, 5) is 15.8. The summed E-state index contributed by atoms with van der Waals surface area (Å²) in [6, 6.07) is 6.93. The van der Waals surface area contributed by atoms with Gasteiger partial charge in [-0.15, -0.1) is 0 Å². The molecule has 0 saturated heterocycles. The lowest BCUT2D eigenvalue weighted by atomic mass is 9.97. The number of fused-ring (bicyclic) bond motifs is 1. The second-order valence-electron chi connectivity index (χ2n) is 4.93. The van der Waals surface area contributed by atoms with Gasteiger partial charge in [-0.2, -0.15) is 0 Å². The molecule has 1 aliphatic heterocycles. The summed E-state index contributed by atoms with van der Waals surface area (Å²) < 4.78 is 28.2. The summed E-state index contributed by atoms with van der Waals surface area (Å²) in [5, 5.41) is 2.95. The van der Waals surface area contributed by atoms with Crippen molar-refractivity contribution in [3.63, 3.8) is 0 Å². The van der Waals surface area contributed by atoms with E-state index in [2.05, 4.69) is 10.3 Å². The van der Waals surface area contributed by atoms with E-state index >= 15 is 0 Å². The van der Waals surface area contributed by atoms with Crippen LogP contribution in [-0.4, -0.2) is 18.2 Å². The summed E-state index contributed by atoms with van der Waals surface area (Å²) >= 11 is 6.30. The molecule has 1 amide bonds. The van der Waals surface area contributed by atoms with Gasteiger partial charge < -0.3 is 5.32 Å². The van der Waals surface area contributed by atoms with Crippen LogP contribution in [0.25, 0.3) is 0 Å². The fourth-order valence-corrected chi connectivity index (χ4v) is 2.62. The van der Waals surface area contributed by atoms with Crippen molar-refractivity contribution >= 4 is 28.9 Å². The van der Waals surface area contributed by atoms with Gasteiger partial charge in [-0.25, -0.2) is 8.78 Å². The first-order valence-corrected chi connectivity index (χ1v) is 6.95. The standard InChI is InChI=1S/C16H11ClF2N2O/c1-8-5-6-11-14(15(8)17)16(20-7-12(22)21-11)13-9(18)3-2-4-10(13)19/h2-6H,7H2,1H3,(H,21,22). The van der Waals surface area contributed by atoms with Crippen LogP contribution in [0.1, 0.15) is 16.7 Å². The zero-order valence-corrected chi connectivity index (χ0v) is 12.3. The molecule has 22 heavy (non-hydrogen) atoms. The maximum Gasteiger partial charge on any atom is 0.246 e. The highest BCUT2D eigenvalue weighted by atomic mass is 35.5. The number of rotatable bonds is 1. The number of benzodiazepines with no additional fused rings is 1. The number of halogens is 3. The third kappa shape index (κ3) is 2.37. The van der Waals surface area contributed by atoms with Gasteiger partial charge in [-0.05, 0) is 30.7 Å². The molecule has 0 unspecified atom stereocenters. The number of aliphatic imine (C=N–C) groups is 1. The fraction of sp³-hybridized carbons (Fsp3) is 0.125. The Kier molecular flexibility index (Phi) is 3.66. The average molecular weight is 321 g/mol. The minimum Gasteiger partial charge on any atom is -0.324 e. The number of nitrogens with zero attached hydrogens (tertiary/aromatic N) is 1. The molecule has 0 aromatic heterocycles. The molecule has 2 aromatic carbocycles. The van der Waals surface area contributed by atoms with Gasteiger partial charge in [-0.1, -0.05) is 23.7 Å². The molecule has 1 aliphatic rings. The number of hydrogen-bond acceptors (Lipinski definition) is 2. The number of aryl methyl sites for hydroxylation is 1. The van der Waals surface area contributed by atoms with Crippen molar-refractivity contribution in [2.24, 2.45) is 4.99 Å². The molecule has 2 aromatic rings. The lowest BCUT2D eigenvalue weighted by Gasteiger charge is -2.14. The molecule has 1 N–H and O–H groups in total. The van der Waals surface area contributed by atoms with Crippen molar-refractivity contribution in [2.75, 3.05) is 11.9 Å². The Morgan fingerprint density at radius 1 is 1.14 bits per heavy atom. The third-order valence-electron chi connectivity index (χ3n) is 3.43. The zero-order valence-electron chi connectivity index (χ0n) is 11.6. The van der Waals surface area contributed by atoms with E-state index in [4.69, 9.17) is 11.6 Å². The summed E-state index contributed by atoms with van der Waals surface area (Å²) in [6.45, 7) is 1.54. The Hall–Kier alpha value is -2.27. The summed E-state index contributed by atoms with van der Waals surface area (Å²) in [7, 11) is 0. The van der Waals surface area contributed by atoms with E-state index in [1.54, 1.807) is 19.1 Å². The Balaban J connectivity index is 2.34. The lowest BCUT2D eigenvalue weighted by molar-refractivity contribution is -0.114. The van der Waals surface area contributed by atoms with Crippen molar-refractivity contribution in [1.82, 2.24) is 0 Å². The Bertz CT molecular complexity index is 798. The predicted octanol–water partition coefficient (Wildman–Crippen LogP) is 3.72. The molecule has 0 bridgehead atoms. The highest BCUT2D eigenvalue weighted by Gasteiger charge is 2.25. The summed E-state index contributed by atoms with van der Waals surface area (Å²) in [5.41, 5.74) is 1.20. The first kappa shape index (κ1) is 14.7. The highest BCUT2D eigenvalue weighted by molar-refractivity contribution is 6.37. The van der Waals surface area contributed by atoms with Crippen LogP contribution in [-0.2, 0) is 4.79 Å². The average Bonchev–Trinajstić information content (AvgIpc) is 2.63. The Morgan fingerprint density at radius 2 is 1.82 bits per heavy atom. The van der Waals surface area contributed by atoms with Gasteiger partial charge in [0.1, 0.15) is 18.2 Å². The van der Waals surface area contributed by atoms with E-state index in [0.717, 1.165) is 17.7 Å². The minimum atomic E-state index is -0.753. The maximum atomic E-state index is 14.1. The first-order chi connectivity index (χ1) is 10.5. The van der Waals surface area contributed by atoms with Crippen molar-refractivity contribution < 1.29 is 13.6 Å². The van der Waals surface area contributed by atoms with Crippen LogP contribution in [0.15, 0.2) is 35.3 Å². The Labute approximate surface area is 130 Å². The van der Waals surface area contributed by atoms with Crippen LogP contribution in [0.2, 0.25) is 5.02 Å². The van der Waals surface area contributed by atoms with E-state index < -0.39 is 11.6 Å². The molecular weight excluding hydrogens is 310 g/mol. The largest absolute Gasteiger partial charge is 0.324 e. The van der Waals surface area contributed by atoms with Crippen LogP contribution >= 0.6 is 11.6 Å². The molecule has 0 saturated carbocycles. The molecule has 0 radical (unpaired) electrons. The number of anilines is 1.